The highest BCUT2D eigenvalue weighted by Gasteiger charge is 2.25. The van der Waals surface area contributed by atoms with Crippen LogP contribution in [0, 0.1) is 5.41 Å². The second-order valence-corrected chi connectivity index (χ2v) is 6.26. The van der Waals surface area contributed by atoms with Gasteiger partial charge in [0, 0.05) is 18.7 Å². The summed E-state index contributed by atoms with van der Waals surface area (Å²) in [5.74, 6) is 0.654. The highest BCUT2D eigenvalue weighted by molar-refractivity contribution is 5.21. The maximum atomic E-state index is 5.17. The van der Waals surface area contributed by atoms with Crippen molar-refractivity contribution in [2.75, 3.05) is 7.11 Å². The van der Waals surface area contributed by atoms with Gasteiger partial charge in [-0.3, -0.25) is 0 Å². The first-order valence-electron chi connectivity index (χ1n) is 7.29. The lowest BCUT2D eigenvalue weighted by Gasteiger charge is -2.32. The summed E-state index contributed by atoms with van der Waals surface area (Å²) in [6.45, 7) is 7.46. The number of hydrogen-bond acceptors (Lipinski definition) is 3. The molecule has 2 aromatic rings. The Morgan fingerprint density at radius 2 is 1.76 bits per heavy atom. The summed E-state index contributed by atoms with van der Waals surface area (Å²) in [6.07, 6.45) is 0. The molecule has 0 aliphatic rings. The van der Waals surface area contributed by atoms with E-state index in [1.165, 1.54) is 5.56 Å². The number of pyridine rings is 1. The molecule has 2 rings (SSSR count). The molecule has 3 nitrogen and oxygen atoms in total. The van der Waals surface area contributed by atoms with Crippen LogP contribution in [0.5, 0.6) is 5.88 Å². The maximum absolute atomic E-state index is 5.17. The molecular weight excluding hydrogens is 260 g/mol. The van der Waals surface area contributed by atoms with Gasteiger partial charge in [0.05, 0.1) is 12.8 Å². The quantitative estimate of drug-likeness (QED) is 0.902. The van der Waals surface area contributed by atoms with Gasteiger partial charge in [0.15, 0.2) is 0 Å². The fraction of sp³-hybridized carbons (Fsp3) is 0.389. The highest BCUT2D eigenvalue weighted by Crippen LogP contribution is 2.32. The Bertz CT molecular complexity index is 561. The van der Waals surface area contributed by atoms with Crippen LogP contribution < -0.4 is 10.1 Å². The number of rotatable bonds is 5. The minimum atomic E-state index is 0.125. The van der Waals surface area contributed by atoms with E-state index in [1.54, 1.807) is 7.11 Å². The largest absolute Gasteiger partial charge is 0.481 e. The van der Waals surface area contributed by atoms with E-state index in [-0.39, 0.29) is 11.5 Å². The molecule has 0 aliphatic heterocycles. The van der Waals surface area contributed by atoms with Crippen LogP contribution in [0.25, 0.3) is 0 Å². The Balaban J connectivity index is 2.13. The molecule has 0 amide bonds. The zero-order chi connectivity index (χ0) is 15.3. The van der Waals surface area contributed by atoms with Gasteiger partial charge in [-0.15, -0.1) is 0 Å². The second-order valence-electron chi connectivity index (χ2n) is 6.26. The van der Waals surface area contributed by atoms with Crippen molar-refractivity contribution in [3.05, 3.63) is 59.8 Å². The SMILES string of the molecule is COc1cccc(CNC(c2ccccc2)C(C)(C)C)n1. The van der Waals surface area contributed by atoms with Crippen molar-refractivity contribution in [1.82, 2.24) is 10.3 Å². The molecule has 1 unspecified atom stereocenters. The van der Waals surface area contributed by atoms with Crippen molar-refractivity contribution in [3.63, 3.8) is 0 Å². The van der Waals surface area contributed by atoms with Crippen LogP contribution in [0.3, 0.4) is 0 Å². The summed E-state index contributed by atoms with van der Waals surface area (Å²) in [5, 5.41) is 3.63. The zero-order valence-electron chi connectivity index (χ0n) is 13.3. The summed E-state index contributed by atoms with van der Waals surface area (Å²) < 4.78 is 5.17. The molecular formula is C18H24N2O. The number of benzene rings is 1. The van der Waals surface area contributed by atoms with Gasteiger partial charge in [0.25, 0.3) is 0 Å². The monoisotopic (exact) mass is 284 g/mol. The Hall–Kier alpha value is -1.87. The number of methoxy groups -OCH3 is 1. The van der Waals surface area contributed by atoms with Gasteiger partial charge in [-0.25, -0.2) is 4.98 Å². The second kappa shape index (κ2) is 6.72. The third-order valence-electron chi connectivity index (χ3n) is 3.48. The van der Waals surface area contributed by atoms with Crippen molar-refractivity contribution in [1.29, 1.82) is 0 Å². The predicted molar refractivity (Wildman–Crippen MR) is 86.3 cm³/mol. The van der Waals surface area contributed by atoms with Gasteiger partial charge in [-0.2, -0.15) is 0 Å². The minimum absolute atomic E-state index is 0.125. The van der Waals surface area contributed by atoms with Crippen molar-refractivity contribution in [3.8, 4) is 5.88 Å². The number of ether oxygens (including phenoxy) is 1. The van der Waals surface area contributed by atoms with Crippen molar-refractivity contribution in [2.24, 2.45) is 5.41 Å². The third-order valence-corrected chi connectivity index (χ3v) is 3.48. The molecule has 1 N–H and O–H groups in total. The molecule has 0 radical (unpaired) electrons. The van der Waals surface area contributed by atoms with E-state index in [0.29, 0.717) is 12.4 Å². The normalized spacial score (nSPS) is 13.0. The molecule has 1 aromatic carbocycles. The first-order chi connectivity index (χ1) is 10.0. The summed E-state index contributed by atoms with van der Waals surface area (Å²) >= 11 is 0. The summed E-state index contributed by atoms with van der Waals surface area (Å²) in [6, 6.07) is 16.7. The average molecular weight is 284 g/mol. The van der Waals surface area contributed by atoms with Crippen molar-refractivity contribution < 1.29 is 4.74 Å². The van der Waals surface area contributed by atoms with Gasteiger partial charge in [0.1, 0.15) is 0 Å². The van der Waals surface area contributed by atoms with E-state index < -0.39 is 0 Å². The fourth-order valence-corrected chi connectivity index (χ4v) is 2.45. The Morgan fingerprint density at radius 3 is 2.38 bits per heavy atom. The smallest absolute Gasteiger partial charge is 0.213 e. The molecule has 0 aliphatic carbocycles. The lowest BCUT2D eigenvalue weighted by Crippen LogP contribution is -2.32. The molecule has 0 saturated heterocycles. The van der Waals surface area contributed by atoms with Crippen LogP contribution in [0.4, 0.5) is 0 Å². The minimum Gasteiger partial charge on any atom is -0.481 e. The first-order valence-corrected chi connectivity index (χ1v) is 7.29. The third kappa shape index (κ3) is 4.30. The lowest BCUT2D eigenvalue weighted by atomic mass is 9.82. The predicted octanol–water partition coefficient (Wildman–Crippen LogP) is 3.97. The molecule has 1 heterocycles. The van der Waals surface area contributed by atoms with Gasteiger partial charge >= 0.3 is 0 Å². The molecule has 0 saturated carbocycles. The van der Waals surface area contributed by atoms with E-state index in [0.717, 1.165) is 5.69 Å². The molecule has 0 spiro atoms. The van der Waals surface area contributed by atoms with Gasteiger partial charge in [0.2, 0.25) is 5.88 Å². The Labute approximate surface area is 127 Å². The van der Waals surface area contributed by atoms with Gasteiger partial charge in [-0.05, 0) is 17.0 Å². The number of nitrogens with one attached hydrogen (secondary N) is 1. The van der Waals surface area contributed by atoms with E-state index in [4.69, 9.17) is 4.74 Å². The van der Waals surface area contributed by atoms with Crippen LogP contribution >= 0.6 is 0 Å². The van der Waals surface area contributed by atoms with Crippen LogP contribution in [-0.4, -0.2) is 12.1 Å². The molecule has 112 valence electrons. The van der Waals surface area contributed by atoms with Gasteiger partial charge < -0.3 is 10.1 Å². The Morgan fingerprint density at radius 1 is 1.05 bits per heavy atom. The first kappa shape index (κ1) is 15.5. The Kier molecular flexibility index (Phi) is 4.97. The van der Waals surface area contributed by atoms with E-state index in [1.807, 2.05) is 24.3 Å². The van der Waals surface area contributed by atoms with Crippen LogP contribution in [0.15, 0.2) is 48.5 Å². The number of nitrogens with zero attached hydrogens (tertiary/aromatic N) is 1. The van der Waals surface area contributed by atoms with Crippen molar-refractivity contribution in [2.45, 2.75) is 33.4 Å². The summed E-state index contributed by atoms with van der Waals surface area (Å²) in [5.41, 5.74) is 2.41. The molecule has 0 fully saturated rings. The summed E-state index contributed by atoms with van der Waals surface area (Å²) in [7, 11) is 1.64. The van der Waals surface area contributed by atoms with Crippen LogP contribution in [-0.2, 0) is 6.54 Å². The van der Waals surface area contributed by atoms with E-state index in [9.17, 15) is 0 Å². The maximum Gasteiger partial charge on any atom is 0.213 e. The molecule has 1 aromatic heterocycles. The molecule has 0 bridgehead atoms. The van der Waals surface area contributed by atoms with E-state index in [2.05, 4.69) is 55.3 Å². The fourth-order valence-electron chi connectivity index (χ4n) is 2.45. The lowest BCUT2D eigenvalue weighted by molar-refractivity contribution is 0.270. The zero-order valence-corrected chi connectivity index (χ0v) is 13.3. The summed E-state index contributed by atoms with van der Waals surface area (Å²) in [4.78, 5) is 4.45. The topological polar surface area (TPSA) is 34.1 Å². The highest BCUT2D eigenvalue weighted by atomic mass is 16.5. The average Bonchev–Trinajstić information content (AvgIpc) is 2.47. The van der Waals surface area contributed by atoms with Gasteiger partial charge in [-0.1, -0.05) is 57.2 Å². The molecule has 1 atom stereocenters. The number of hydrogen-bond donors (Lipinski definition) is 1. The molecule has 3 heteroatoms. The standard InChI is InChI=1S/C18H24N2O/c1-18(2,3)17(14-9-6-5-7-10-14)19-13-15-11-8-12-16(20-15)21-4/h5-12,17,19H,13H2,1-4H3. The van der Waals surface area contributed by atoms with Crippen LogP contribution in [0.2, 0.25) is 0 Å². The van der Waals surface area contributed by atoms with Crippen molar-refractivity contribution >= 4 is 0 Å². The molecule has 21 heavy (non-hydrogen) atoms. The van der Waals surface area contributed by atoms with Crippen LogP contribution in [0.1, 0.15) is 38.1 Å². The van der Waals surface area contributed by atoms with E-state index >= 15 is 0 Å². The number of aromatic nitrogens is 1.